The Labute approximate surface area is 177 Å². The van der Waals surface area contributed by atoms with Gasteiger partial charge in [-0.15, -0.1) is 0 Å². The van der Waals surface area contributed by atoms with Gasteiger partial charge < -0.3 is 14.2 Å². The fourth-order valence-corrected chi connectivity index (χ4v) is 3.78. The zero-order chi connectivity index (χ0) is 19.2. The Bertz CT molecular complexity index is 492. The van der Waals surface area contributed by atoms with Gasteiger partial charge in [0.15, 0.2) is 0 Å². The van der Waals surface area contributed by atoms with Crippen LogP contribution >= 0.6 is 8.53 Å². The Balaban J connectivity index is 0.000000969. The van der Waals surface area contributed by atoms with E-state index in [-0.39, 0.29) is 29.2 Å². The molecule has 0 aliphatic carbocycles. The SMILES string of the molecule is CC(C)N(C(C)C)P(O)OCCOCCCc1ccc[cH-]1.[Fe+2].c1cc[cH-]c1. The molecule has 0 radical (unpaired) electrons. The third kappa shape index (κ3) is 12.5. The second-order valence-corrected chi connectivity index (χ2v) is 7.85. The normalized spacial score (nSPS) is 12.0. The minimum Gasteiger partial charge on any atom is -0.379 e. The number of hydrogen-bond acceptors (Lipinski definition) is 4. The monoisotopic (exact) mass is 435 g/mol. The molecular formula is C21H34FeNO3P. The molecule has 27 heavy (non-hydrogen) atoms. The molecule has 0 aliphatic rings. The maximum Gasteiger partial charge on any atom is 2.00 e. The van der Waals surface area contributed by atoms with E-state index in [9.17, 15) is 4.89 Å². The van der Waals surface area contributed by atoms with Crippen LogP contribution in [0.4, 0.5) is 0 Å². The first kappa shape index (κ1) is 26.5. The van der Waals surface area contributed by atoms with Gasteiger partial charge in [-0.05, 0) is 40.5 Å². The third-order valence-corrected chi connectivity index (χ3v) is 5.46. The van der Waals surface area contributed by atoms with Crippen LogP contribution in [-0.4, -0.2) is 41.5 Å². The molecule has 1 unspecified atom stereocenters. The first-order valence-corrected chi connectivity index (χ1v) is 10.5. The first-order chi connectivity index (χ1) is 12.5. The molecule has 2 aromatic rings. The van der Waals surface area contributed by atoms with Crippen molar-refractivity contribution in [2.75, 3.05) is 19.8 Å². The van der Waals surface area contributed by atoms with Gasteiger partial charge in [-0.2, -0.15) is 35.9 Å². The maximum absolute atomic E-state index is 10.1. The fraction of sp³-hybridized carbons (Fsp3) is 0.524. The summed E-state index contributed by atoms with van der Waals surface area (Å²) in [6.07, 6.45) is 2.07. The molecule has 154 valence electrons. The molecule has 0 aliphatic heterocycles. The van der Waals surface area contributed by atoms with Crippen molar-refractivity contribution in [3.63, 3.8) is 0 Å². The first-order valence-electron chi connectivity index (χ1n) is 9.37. The number of ether oxygens (including phenoxy) is 1. The van der Waals surface area contributed by atoms with Crippen LogP contribution in [-0.2, 0) is 32.8 Å². The molecule has 1 atom stereocenters. The quantitative estimate of drug-likeness (QED) is 0.231. The van der Waals surface area contributed by atoms with E-state index in [0.29, 0.717) is 13.2 Å². The summed E-state index contributed by atoms with van der Waals surface area (Å²) in [5, 5.41) is 0. The zero-order valence-corrected chi connectivity index (χ0v) is 18.9. The van der Waals surface area contributed by atoms with E-state index < -0.39 is 8.53 Å². The molecule has 4 nitrogen and oxygen atoms in total. The molecule has 0 saturated carbocycles. The van der Waals surface area contributed by atoms with Crippen molar-refractivity contribution in [1.29, 1.82) is 0 Å². The van der Waals surface area contributed by atoms with E-state index in [0.717, 1.165) is 19.4 Å². The molecular weight excluding hydrogens is 401 g/mol. The van der Waals surface area contributed by atoms with Crippen molar-refractivity contribution in [1.82, 2.24) is 4.67 Å². The van der Waals surface area contributed by atoms with Crippen LogP contribution in [0.2, 0.25) is 0 Å². The van der Waals surface area contributed by atoms with E-state index >= 15 is 0 Å². The molecule has 0 spiro atoms. The topological polar surface area (TPSA) is 41.9 Å². The molecule has 0 bridgehead atoms. The average Bonchev–Trinajstić information content (AvgIpc) is 3.29. The Morgan fingerprint density at radius 1 is 1.00 bits per heavy atom. The minimum absolute atomic E-state index is 0. The molecule has 6 heteroatoms. The zero-order valence-electron chi connectivity index (χ0n) is 16.9. The molecule has 0 fully saturated rings. The van der Waals surface area contributed by atoms with E-state index in [4.69, 9.17) is 9.26 Å². The van der Waals surface area contributed by atoms with Gasteiger partial charge in [-0.3, -0.25) is 0 Å². The van der Waals surface area contributed by atoms with Crippen molar-refractivity contribution >= 4 is 8.53 Å². The second kappa shape index (κ2) is 16.4. The third-order valence-electron chi connectivity index (χ3n) is 3.73. The van der Waals surface area contributed by atoms with Gasteiger partial charge in [0, 0.05) is 18.7 Å². The van der Waals surface area contributed by atoms with Crippen molar-refractivity contribution < 1.29 is 31.2 Å². The van der Waals surface area contributed by atoms with Crippen LogP contribution < -0.4 is 0 Å². The van der Waals surface area contributed by atoms with E-state index in [1.165, 1.54) is 5.56 Å². The Kier molecular flexibility index (Phi) is 16.1. The van der Waals surface area contributed by atoms with E-state index in [1.54, 1.807) is 0 Å². The number of aryl methyl sites for hydroxylation is 1. The average molecular weight is 435 g/mol. The molecule has 1 N–H and O–H groups in total. The summed E-state index contributed by atoms with van der Waals surface area (Å²) in [4.78, 5) is 10.1. The second-order valence-electron chi connectivity index (χ2n) is 6.62. The van der Waals surface area contributed by atoms with Crippen LogP contribution in [0.3, 0.4) is 0 Å². The summed E-state index contributed by atoms with van der Waals surface area (Å²) in [6, 6.07) is 18.9. The predicted molar refractivity (Wildman–Crippen MR) is 110 cm³/mol. The van der Waals surface area contributed by atoms with Gasteiger partial charge in [0.1, 0.15) is 0 Å². The van der Waals surface area contributed by atoms with Gasteiger partial charge in [-0.25, -0.2) is 28.9 Å². The summed E-state index contributed by atoms with van der Waals surface area (Å²) in [5.74, 6) is 0. The number of nitrogens with zero attached hydrogens (tertiary/aromatic N) is 1. The van der Waals surface area contributed by atoms with Gasteiger partial charge >= 0.3 is 17.1 Å². The molecule has 0 aromatic heterocycles. The largest absolute Gasteiger partial charge is 2.00 e. The van der Waals surface area contributed by atoms with E-state index in [1.807, 2.05) is 35.0 Å². The minimum atomic E-state index is -1.52. The molecule has 0 saturated heterocycles. The standard InChI is InChI=1S/C16H29NO3P.C5H5.Fe/c1-14(2)17(15(3)4)21(18)20-13-12-19-11-7-10-16-8-5-6-9-16;1-2-4-5-3-1;/h5-6,8-9,14-15,18H,7,10-13H2,1-4H3;1-5H;/q2*-1;+2. The van der Waals surface area contributed by atoms with Crippen molar-refractivity contribution in [2.24, 2.45) is 0 Å². The predicted octanol–water partition coefficient (Wildman–Crippen LogP) is 5.11. The summed E-state index contributed by atoms with van der Waals surface area (Å²) in [6.45, 7) is 9.96. The summed E-state index contributed by atoms with van der Waals surface area (Å²) in [5.41, 5.74) is 1.36. The molecule has 2 aromatic carbocycles. The number of hydrogen-bond donors (Lipinski definition) is 1. The molecule has 0 heterocycles. The van der Waals surface area contributed by atoms with Crippen LogP contribution in [0.15, 0.2) is 54.6 Å². The van der Waals surface area contributed by atoms with Crippen molar-refractivity contribution in [3.8, 4) is 0 Å². The van der Waals surface area contributed by atoms with Crippen LogP contribution in [0.25, 0.3) is 0 Å². The fourth-order valence-electron chi connectivity index (χ4n) is 2.62. The summed E-state index contributed by atoms with van der Waals surface area (Å²) < 4.78 is 13.0. The van der Waals surface area contributed by atoms with Crippen molar-refractivity contribution in [2.45, 2.75) is 52.6 Å². The molecule has 0 amide bonds. The smallest absolute Gasteiger partial charge is 0.379 e. The van der Waals surface area contributed by atoms with Crippen LogP contribution in [0.1, 0.15) is 39.7 Å². The van der Waals surface area contributed by atoms with E-state index in [2.05, 4.69) is 52.0 Å². The maximum atomic E-state index is 10.1. The van der Waals surface area contributed by atoms with Gasteiger partial charge in [0.05, 0.1) is 13.2 Å². The van der Waals surface area contributed by atoms with Gasteiger partial charge in [0.25, 0.3) is 8.53 Å². The van der Waals surface area contributed by atoms with Crippen LogP contribution in [0.5, 0.6) is 0 Å². The summed E-state index contributed by atoms with van der Waals surface area (Å²) >= 11 is 0. The Morgan fingerprint density at radius 2 is 1.67 bits per heavy atom. The summed E-state index contributed by atoms with van der Waals surface area (Å²) in [7, 11) is -1.52. The Hall–Kier alpha value is -0.511. The Morgan fingerprint density at radius 3 is 2.15 bits per heavy atom. The number of rotatable bonds is 11. The van der Waals surface area contributed by atoms with Gasteiger partial charge in [-0.1, -0.05) is 0 Å². The van der Waals surface area contributed by atoms with Crippen molar-refractivity contribution in [3.05, 3.63) is 60.2 Å². The van der Waals surface area contributed by atoms with Crippen LogP contribution in [0, 0.1) is 0 Å². The van der Waals surface area contributed by atoms with Gasteiger partial charge in [0.2, 0.25) is 0 Å². The molecule has 2 rings (SSSR count).